The van der Waals surface area contributed by atoms with Gasteiger partial charge in [0, 0.05) is 26.3 Å². The average Bonchev–Trinajstić information content (AvgIpc) is 3.20. The molecule has 6 nitrogen and oxygen atoms in total. The van der Waals surface area contributed by atoms with Crippen molar-refractivity contribution >= 4 is 11.0 Å². The zero-order valence-electron chi connectivity index (χ0n) is 18.8. The highest BCUT2D eigenvalue weighted by Crippen LogP contribution is 2.27. The number of benzene rings is 2. The third-order valence-electron chi connectivity index (χ3n) is 4.49. The predicted molar refractivity (Wildman–Crippen MR) is 121 cm³/mol. The Morgan fingerprint density at radius 2 is 1.77 bits per heavy atom. The maximum atomic E-state index is 12.5. The molecule has 2 unspecified atom stereocenters. The number of aliphatic hydroxyl groups is 2. The second-order valence-electron chi connectivity index (χ2n) is 6.53. The summed E-state index contributed by atoms with van der Waals surface area (Å²) in [7, 11) is -0.142. The first kappa shape index (κ1) is 28.7. The summed E-state index contributed by atoms with van der Waals surface area (Å²) < 4.78 is 26.6. The minimum Gasteiger partial charge on any atom is -0.508 e. The van der Waals surface area contributed by atoms with E-state index in [1.54, 1.807) is 6.07 Å². The van der Waals surface area contributed by atoms with Crippen LogP contribution in [0.1, 0.15) is 44.7 Å². The fourth-order valence-electron chi connectivity index (χ4n) is 2.65. The number of phenols is 1. The van der Waals surface area contributed by atoms with Gasteiger partial charge in [-0.15, -0.1) is 0 Å². The summed E-state index contributed by atoms with van der Waals surface area (Å²) in [5, 5.41) is 34.1. The molecular weight excluding hydrogens is 419 g/mol. The Morgan fingerprint density at radius 1 is 1.19 bits per heavy atom. The molecule has 3 N–H and O–H groups in total. The maximum Gasteiger partial charge on any atom is 0.144 e. The van der Waals surface area contributed by atoms with E-state index in [2.05, 4.69) is 0 Å². The summed E-state index contributed by atoms with van der Waals surface area (Å²) in [5.74, 6) is -0.862. The maximum absolute atomic E-state index is 12.5. The van der Waals surface area contributed by atoms with Crippen LogP contribution < -0.4 is 0 Å². The van der Waals surface area contributed by atoms with Crippen LogP contribution in [-0.4, -0.2) is 49.6 Å². The Kier molecular flexibility index (Phi) is 13.6. The molecular formula is C23H33FN2O4S. The van der Waals surface area contributed by atoms with Crippen molar-refractivity contribution in [2.24, 2.45) is 0 Å². The zero-order valence-corrected chi connectivity index (χ0v) is 19.6. The third-order valence-corrected chi connectivity index (χ3v) is 5.94. The Bertz CT molecular complexity index is 856. The lowest BCUT2D eigenvalue weighted by Gasteiger charge is -2.20. The van der Waals surface area contributed by atoms with Gasteiger partial charge in [-0.1, -0.05) is 38.5 Å². The van der Waals surface area contributed by atoms with Crippen LogP contribution >= 0.6 is 0 Å². The normalized spacial score (nSPS) is 18.2. The quantitative estimate of drug-likeness (QED) is 0.655. The van der Waals surface area contributed by atoms with E-state index in [9.17, 15) is 13.7 Å². The minimum atomic E-state index is -1.14. The highest BCUT2D eigenvalue weighted by atomic mass is 32.2. The lowest BCUT2D eigenvalue weighted by Crippen LogP contribution is -2.33. The van der Waals surface area contributed by atoms with Crippen molar-refractivity contribution in [3.63, 3.8) is 0 Å². The van der Waals surface area contributed by atoms with Gasteiger partial charge in [0.15, 0.2) is 0 Å². The number of hydrogen-bond acceptors (Lipinski definition) is 5. The number of phenolic OH excluding ortho intramolecular Hbond substituents is 1. The van der Waals surface area contributed by atoms with E-state index < -0.39 is 22.4 Å². The number of hydrogen-bond donors (Lipinski definition) is 3. The zero-order chi connectivity index (χ0) is 24.0. The molecule has 0 spiro atoms. The van der Waals surface area contributed by atoms with E-state index >= 15 is 0 Å². The van der Waals surface area contributed by atoms with Crippen LogP contribution in [0, 0.1) is 24.1 Å². The summed E-state index contributed by atoms with van der Waals surface area (Å²) in [6.45, 7) is 9.19. The lowest BCUT2D eigenvalue weighted by atomic mass is 10.0. The summed E-state index contributed by atoms with van der Waals surface area (Å²) in [6.07, 6.45) is 1.43. The molecule has 2 aromatic rings. The number of rotatable bonds is 3. The first-order valence-electron chi connectivity index (χ1n) is 10.1. The second kappa shape index (κ2) is 14.7. The molecule has 2 aromatic carbocycles. The SMILES string of the molecule is CC.CCC1(O)CCN(S(=O)c2ccc(C)cc2)C1.CO.N#Cc1ccc(O)cc1F. The van der Waals surface area contributed by atoms with Crippen LogP contribution in [0.15, 0.2) is 47.4 Å². The van der Waals surface area contributed by atoms with E-state index in [4.69, 9.17) is 15.5 Å². The number of aromatic hydroxyl groups is 1. The molecule has 0 saturated carbocycles. The van der Waals surface area contributed by atoms with Crippen molar-refractivity contribution < 1.29 is 23.9 Å². The highest BCUT2D eigenvalue weighted by Gasteiger charge is 2.37. The standard InChI is InChI=1S/C13H19NO2S.C7H4FNO.C2H6.CH4O/c1-3-13(15)8-9-14(10-13)17(16)12-6-4-11(2)5-7-12;8-7-3-6(10)2-1-5(7)4-9;2*1-2/h4-7,15H,3,8-10H2,1-2H3;1-3,10H;1-2H3;2H,1H3. The molecule has 1 aliphatic heterocycles. The van der Waals surface area contributed by atoms with Crippen molar-refractivity contribution in [2.75, 3.05) is 20.2 Å². The van der Waals surface area contributed by atoms with E-state index in [1.165, 1.54) is 12.1 Å². The molecule has 31 heavy (non-hydrogen) atoms. The van der Waals surface area contributed by atoms with Gasteiger partial charge in [0.1, 0.15) is 28.6 Å². The molecule has 1 saturated heterocycles. The first-order chi connectivity index (χ1) is 14.8. The number of nitriles is 1. The molecule has 2 atom stereocenters. The molecule has 172 valence electrons. The Balaban J connectivity index is 0.000000549. The molecule has 3 rings (SSSR count). The van der Waals surface area contributed by atoms with Gasteiger partial charge < -0.3 is 15.3 Å². The molecule has 8 heteroatoms. The van der Waals surface area contributed by atoms with Crippen LogP contribution in [0.5, 0.6) is 5.75 Å². The molecule has 1 heterocycles. The Labute approximate surface area is 187 Å². The Hall–Kier alpha value is -2.31. The monoisotopic (exact) mass is 452 g/mol. The molecule has 0 amide bonds. The highest BCUT2D eigenvalue weighted by molar-refractivity contribution is 7.82. The summed E-state index contributed by atoms with van der Waals surface area (Å²) in [5.41, 5.74) is 0.454. The molecule has 0 aromatic heterocycles. The molecule has 0 radical (unpaired) electrons. The topological polar surface area (TPSA) is 105 Å². The van der Waals surface area contributed by atoms with E-state index in [0.717, 1.165) is 23.6 Å². The van der Waals surface area contributed by atoms with Crippen molar-refractivity contribution in [3.8, 4) is 11.8 Å². The van der Waals surface area contributed by atoms with Gasteiger partial charge in [-0.3, -0.25) is 0 Å². The van der Waals surface area contributed by atoms with Crippen LogP contribution in [0.4, 0.5) is 4.39 Å². The first-order valence-corrected chi connectivity index (χ1v) is 11.2. The van der Waals surface area contributed by atoms with E-state index in [1.807, 2.05) is 56.3 Å². The fraction of sp³-hybridized carbons (Fsp3) is 0.435. The van der Waals surface area contributed by atoms with E-state index in [-0.39, 0.29) is 11.3 Å². The third kappa shape index (κ3) is 9.15. The average molecular weight is 453 g/mol. The predicted octanol–water partition coefficient (Wildman–Crippen LogP) is 3.90. The smallest absolute Gasteiger partial charge is 0.144 e. The largest absolute Gasteiger partial charge is 0.508 e. The van der Waals surface area contributed by atoms with Crippen molar-refractivity contribution in [2.45, 2.75) is 51.0 Å². The fourth-order valence-corrected chi connectivity index (χ4v) is 3.93. The number of aryl methyl sites for hydroxylation is 1. The minimum absolute atomic E-state index is 0.0576. The summed E-state index contributed by atoms with van der Waals surface area (Å²) >= 11 is 0. The van der Waals surface area contributed by atoms with E-state index in [0.29, 0.717) is 25.9 Å². The molecule has 1 aliphatic rings. The van der Waals surface area contributed by atoms with Gasteiger partial charge in [0.25, 0.3) is 0 Å². The molecule has 1 fully saturated rings. The van der Waals surface area contributed by atoms with Crippen LogP contribution in [0.3, 0.4) is 0 Å². The van der Waals surface area contributed by atoms with Gasteiger partial charge in [-0.05, 0) is 44.0 Å². The number of nitrogens with zero attached hydrogens (tertiary/aromatic N) is 2. The van der Waals surface area contributed by atoms with Gasteiger partial charge >= 0.3 is 0 Å². The van der Waals surface area contributed by atoms with Gasteiger partial charge in [-0.25, -0.2) is 12.9 Å². The molecule has 0 aliphatic carbocycles. The van der Waals surface area contributed by atoms with Gasteiger partial charge in [0.05, 0.1) is 16.1 Å². The van der Waals surface area contributed by atoms with Crippen LogP contribution in [0.25, 0.3) is 0 Å². The lowest BCUT2D eigenvalue weighted by molar-refractivity contribution is 0.0525. The van der Waals surface area contributed by atoms with Gasteiger partial charge in [-0.2, -0.15) is 5.26 Å². The van der Waals surface area contributed by atoms with Crippen molar-refractivity contribution in [3.05, 3.63) is 59.4 Å². The van der Waals surface area contributed by atoms with Crippen molar-refractivity contribution in [1.82, 2.24) is 4.31 Å². The second-order valence-corrected chi connectivity index (χ2v) is 8.02. The van der Waals surface area contributed by atoms with Crippen LogP contribution in [0.2, 0.25) is 0 Å². The number of β-amino-alcohol motifs (C(OH)–C–C–N with tert-alkyl or cyclic N) is 1. The molecule has 0 bridgehead atoms. The van der Waals surface area contributed by atoms with Crippen LogP contribution in [-0.2, 0) is 11.0 Å². The number of halogens is 1. The summed E-state index contributed by atoms with van der Waals surface area (Å²) in [4.78, 5) is 0.816. The number of aliphatic hydroxyl groups excluding tert-OH is 1. The summed E-state index contributed by atoms with van der Waals surface area (Å²) in [6, 6.07) is 12.8. The Morgan fingerprint density at radius 3 is 2.23 bits per heavy atom. The van der Waals surface area contributed by atoms with Gasteiger partial charge in [0.2, 0.25) is 0 Å². The van der Waals surface area contributed by atoms with Crippen molar-refractivity contribution in [1.29, 1.82) is 5.26 Å².